The number of aliphatic hydroxyl groups is 1. The number of carbonyl (C=O) groups is 2. The van der Waals surface area contributed by atoms with Gasteiger partial charge in [0.15, 0.2) is 0 Å². The maximum Gasteiger partial charge on any atom is 0.347 e. The van der Waals surface area contributed by atoms with E-state index in [4.69, 9.17) is 25.8 Å². The Balaban J connectivity index is 2.31. The molecule has 0 radical (unpaired) electrons. The second-order valence-corrected chi connectivity index (χ2v) is 7.46. The fourth-order valence-corrected chi connectivity index (χ4v) is 3.73. The Kier molecular flexibility index (Phi) is 7.30. The zero-order valence-electron chi connectivity index (χ0n) is 17.7. The summed E-state index contributed by atoms with van der Waals surface area (Å²) < 4.78 is 16.2. The Morgan fingerprint density at radius 2 is 1.31 bits per heavy atom. The highest BCUT2D eigenvalue weighted by molar-refractivity contribution is 6.30. The Labute approximate surface area is 191 Å². The van der Waals surface area contributed by atoms with Gasteiger partial charge >= 0.3 is 11.9 Å². The van der Waals surface area contributed by atoms with E-state index >= 15 is 0 Å². The lowest BCUT2D eigenvalue weighted by Crippen LogP contribution is -2.61. The van der Waals surface area contributed by atoms with Crippen LogP contribution in [0.4, 0.5) is 0 Å². The molecule has 0 aliphatic heterocycles. The molecule has 3 aromatic carbocycles. The van der Waals surface area contributed by atoms with E-state index < -0.39 is 23.1 Å². The minimum atomic E-state index is -2.60. The van der Waals surface area contributed by atoms with Crippen LogP contribution in [-0.4, -0.2) is 31.3 Å². The van der Waals surface area contributed by atoms with Gasteiger partial charge in [-0.2, -0.15) is 0 Å². The Morgan fingerprint density at radius 3 is 1.84 bits per heavy atom. The standard InChI is InChI=1S/C25H23ClO6/c1-30-22(27)24(29,19-13-15-21(26)16-14-19)25(23(28)31-2,20-11-7-4-8-12-20)32-17-18-9-5-3-6-10-18/h3-16,29H,17H2,1-2H3. The summed E-state index contributed by atoms with van der Waals surface area (Å²) in [5.74, 6) is -2.07. The van der Waals surface area contributed by atoms with Crippen molar-refractivity contribution in [3.63, 3.8) is 0 Å². The predicted octanol–water partition coefficient (Wildman–Crippen LogP) is 3.99. The highest BCUT2D eigenvalue weighted by Crippen LogP contribution is 2.46. The molecule has 0 saturated heterocycles. The first-order valence-electron chi connectivity index (χ1n) is 9.78. The summed E-state index contributed by atoms with van der Waals surface area (Å²) >= 11 is 6.02. The average Bonchev–Trinajstić information content (AvgIpc) is 2.85. The van der Waals surface area contributed by atoms with Crippen LogP contribution in [-0.2, 0) is 41.6 Å². The van der Waals surface area contributed by atoms with Gasteiger partial charge in [-0.05, 0) is 28.8 Å². The average molecular weight is 455 g/mol. The number of halogens is 1. The van der Waals surface area contributed by atoms with E-state index in [0.29, 0.717) is 5.02 Å². The lowest BCUT2D eigenvalue weighted by molar-refractivity contribution is -0.232. The van der Waals surface area contributed by atoms with Gasteiger partial charge in [-0.3, -0.25) is 0 Å². The first-order chi connectivity index (χ1) is 15.4. The molecule has 0 heterocycles. The minimum Gasteiger partial charge on any atom is -0.467 e. The molecule has 1 N–H and O–H groups in total. The predicted molar refractivity (Wildman–Crippen MR) is 119 cm³/mol. The van der Waals surface area contributed by atoms with Crippen molar-refractivity contribution in [3.8, 4) is 0 Å². The van der Waals surface area contributed by atoms with Crippen molar-refractivity contribution in [2.24, 2.45) is 0 Å². The molecular formula is C25H23ClO6. The maximum atomic E-state index is 13.4. The largest absolute Gasteiger partial charge is 0.467 e. The summed E-state index contributed by atoms with van der Waals surface area (Å²) in [4.78, 5) is 26.6. The third-order valence-corrected chi connectivity index (χ3v) is 5.46. The van der Waals surface area contributed by atoms with Crippen LogP contribution in [0.5, 0.6) is 0 Å². The Bertz CT molecular complexity index is 1050. The van der Waals surface area contributed by atoms with Gasteiger partial charge in [0.1, 0.15) is 0 Å². The quantitative estimate of drug-likeness (QED) is 0.518. The van der Waals surface area contributed by atoms with Crippen LogP contribution in [0.2, 0.25) is 5.02 Å². The van der Waals surface area contributed by atoms with Crippen LogP contribution in [0, 0.1) is 0 Å². The fourth-order valence-electron chi connectivity index (χ4n) is 3.61. The summed E-state index contributed by atoms with van der Waals surface area (Å²) in [6.45, 7) is -0.0995. The molecule has 3 aromatic rings. The van der Waals surface area contributed by atoms with E-state index in [9.17, 15) is 14.7 Å². The summed E-state index contributed by atoms with van der Waals surface area (Å²) in [5, 5.41) is 12.4. The second-order valence-electron chi connectivity index (χ2n) is 7.02. The van der Waals surface area contributed by atoms with Crippen molar-refractivity contribution in [2.75, 3.05) is 14.2 Å². The molecule has 7 heteroatoms. The minimum absolute atomic E-state index is 0.0519. The smallest absolute Gasteiger partial charge is 0.347 e. The van der Waals surface area contributed by atoms with E-state index in [0.717, 1.165) is 19.8 Å². The van der Waals surface area contributed by atoms with Crippen LogP contribution in [0.25, 0.3) is 0 Å². The zero-order valence-corrected chi connectivity index (χ0v) is 18.4. The summed E-state index contributed by atoms with van der Waals surface area (Å²) in [7, 11) is 2.28. The fraction of sp³-hybridized carbons (Fsp3) is 0.200. The molecule has 2 unspecified atom stereocenters. The molecule has 0 bridgehead atoms. The molecule has 166 valence electrons. The van der Waals surface area contributed by atoms with Crippen LogP contribution < -0.4 is 0 Å². The van der Waals surface area contributed by atoms with Crippen LogP contribution in [0.1, 0.15) is 16.7 Å². The van der Waals surface area contributed by atoms with Crippen molar-refractivity contribution in [3.05, 3.63) is 107 Å². The van der Waals surface area contributed by atoms with Crippen LogP contribution in [0.15, 0.2) is 84.9 Å². The number of rotatable bonds is 8. The summed E-state index contributed by atoms with van der Waals surface area (Å²) in [6.07, 6.45) is 0. The third kappa shape index (κ3) is 4.12. The van der Waals surface area contributed by atoms with E-state index in [-0.39, 0.29) is 17.7 Å². The summed E-state index contributed by atoms with van der Waals surface area (Å²) in [5.41, 5.74) is -3.91. The van der Waals surface area contributed by atoms with E-state index in [1.165, 1.54) is 24.3 Å². The number of esters is 2. The molecule has 0 aliphatic carbocycles. The SMILES string of the molecule is COC(=O)C(O)(c1ccc(Cl)cc1)C(OCc1ccccc1)(C(=O)OC)c1ccccc1. The summed E-state index contributed by atoms with van der Waals surface area (Å²) in [6, 6.07) is 23.1. The molecule has 0 aliphatic rings. The van der Waals surface area contributed by atoms with Gasteiger partial charge in [0.2, 0.25) is 11.2 Å². The molecule has 0 spiro atoms. The number of hydrogen-bond acceptors (Lipinski definition) is 6. The van der Waals surface area contributed by atoms with Gasteiger partial charge in [0.25, 0.3) is 0 Å². The van der Waals surface area contributed by atoms with Gasteiger partial charge in [-0.1, -0.05) is 84.4 Å². The number of methoxy groups -OCH3 is 2. The van der Waals surface area contributed by atoms with Crippen molar-refractivity contribution in [1.29, 1.82) is 0 Å². The van der Waals surface area contributed by atoms with Gasteiger partial charge in [0, 0.05) is 5.02 Å². The van der Waals surface area contributed by atoms with Gasteiger partial charge in [-0.25, -0.2) is 9.59 Å². The molecule has 3 rings (SSSR count). The Morgan fingerprint density at radius 1 is 0.781 bits per heavy atom. The van der Waals surface area contributed by atoms with E-state index in [1.54, 1.807) is 42.5 Å². The first-order valence-corrected chi connectivity index (χ1v) is 10.2. The molecule has 32 heavy (non-hydrogen) atoms. The van der Waals surface area contributed by atoms with Crippen molar-refractivity contribution in [1.82, 2.24) is 0 Å². The number of carbonyl (C=O) groups excluding carboxylic acids is 2. The molecule has 6 nitrogen and oxygen atoms in total. The molecule has 0 amide bonds. The van der Waals surface area contributed by atoms with E-state index in [1.807, 2.05) is 18.2 Å². The van der Waals surface area contributed by atoms with Crippen molar-refractivity contribution in [2.45, 2.75) is 17.8 Å². The molecule has 0 fully saturated rings. The normalized spacial score (nSPS) is 14.6. The molecule has 0 saturated carbocycles. The molecular weight excluding hydrogens is 432 g/mol. The van der Waals surface area contributed by atoms with Gasteiger partial charge < -0.3 is 19.3 Å². The highest BCUT2D eigenvalue weighted by atomic mass is 35.5. The topological polar surface area (TPSA) is 82.1 Å². The lowest BCUT2D eigenvalue weighted by Gasteiger charge is -2.43. The Hall–Kier alpha value is -3.19. The highest BCUT2D eigenvalue weighted by Gasteiger charge is 2.66. The van der Waals surface area contributed by atoms with Crippen LogP contribution in [0.3, 0.4) is 0 Å². The number of benzene rings is 3. The van der Waals surface area contributed by atoms with E-state index in [2.05, 4.69) is 0 Å². The van der Waals surface area contributed by atoms with Crippen LogP contribution >= 0.6 is 11.6 Å². The van der Waals surface area contributed by atoms with Gasteiger partial charge in [0.05, 0.1) is 20.8 Å². The second kappa shape index (κ2) is 9.96. The monoisotopic (exact) mass is 454 g/mol. The van der Waals surface area contributed by atoms with Gasteiger partial charge in [-0.15, -0.1) is 0 Å². The van der Waals surface area contributed by atoms with Crippen molar-refractivity contribution >= 4 is 23.5 Å². The lowest BCUT2D eigenvalue weighted by atomic mass is 9.72. The molecule has 0 aromatic heterocycles. The third-order valence-electron chi connectivity index (χ3n) is 5.20. The molecule has 2 atom stereocenters. The number of ether oxygens (including phenoxy) is 3. The van der Waals surface area contributed by atoms with Crippen molar-refractivity contribution < 1.29 is 28.9 Å². The number of hydrogen-bond donors (Lipinski definition) is 1. The first kappa shape index (κ1) is 23.5. The maximum absolute atomic E-state index is 13.4. The zero-order chi connectivity index (χ0) is 23.2.